The van der Waals surface area contributed by atoms with E-state index in [1.807, 2.05) is 6.07 Å². The van der Waals surface area contributed by atoms with Gasteiger partial charge in [-0.1, -0.05) is 11.3 Å². The van der Waals surface area contributed by atoms with Crippen LogP contribution in [0.2, 0.25) is 0 Å². The zero-order chi connectivity index (χ0) is 23.9. The monoisotopic (exact) mass is 483 g/mol. The van der Waals surface area contributed by atoms with E-state index in [1.165, 1.54) is 37.2 Å². The van der Waals surface area contributed by atoms with Gasteiger partial charge in [-0.25, -0.2) is 24.6 Å². The SMILES string of the molecule is N#Cc1cc(NC(=O)c2cnn(-c3nc4cncnc4s3)c2C(F)(F)F)cnc1-n1nccn1. The molecule has 0 aromatic carbocycles. The maximum absolute atomic E-state index is 13.9. The van der Waals surface area contributed by atoms with Crippen LogP contribution < -0.4 is 5.32 Å². The fraction of sp³-hybridized carbons (Fsp3) is 0.0556. The van der Waals surface area contributed by atoms with Crippen molar-refractivity contribution in [3.8, 4) is 17.0 Å². The van der Waals surface area contributed by atoms with Crippen molar-refractivity contribution in [2.24, 2.45) is 0 Å². The Balaban J connectivity index is 1.50. The van der Waals surface area contributed by atoms with Gasteiger partial charge in [0.25, 0.3) is 5.91 Å². The first-order valence-corrected chi connectivity index (χ1v) is 9.97. The number of nitriles is 1. The quantitative estimate of drug-likeness (QED) is 0.406. The second-order valence-electron chi connectivity index (χ2n) is 6.51. The summed E-state index contributed by atoms with van der Waals surface area (Å²) in [5.41, 5.74) is -1.78. The van der Waals surface area contributed by atoms with Gasteiger partial charge in [-0.2, -0.15) is 33.7 Å². The van der Waals surface area contributed by atoms with Gasteiger partial charge in [0, 0.05) is 0 Å². The third-order valence-electron chi connectivity index (χ3n) is 4.38. The summed E-state index contributed by atoms with van der Waals surface area (Å²) in [4.78, 5) is 30.1. The van der Waals surface area contributed by atoms with Gasteiger partial charge < -0.3 is 5.32 Å². The molecule has 0 bridgehead atoms. The fourth-order valence-corrected chi connectivity index (χ4v) is 3.84. The number of nitrogens with zero attached hydrogens (tertiary/aromatic N) is 10. The lowest BCUT2D eigenvalue weighted by atomic mass is 10.2. The highest BCUT2D eigenvalue weighted by molar-refractivity contribution is 7.20. The number of aromatic nitrogens is 9. The molecule has 168 valence electrons. The van der Waals surface area contributed by atoms with E-state index in [9.17, 15) is 23.2 Å². The molecule has 0 saturated heterocycles. The summed E-state index contributed by atoms with van der Waals surface area (Å²) in [5.74, 6) is -1.01. The Labute approximate surface area is 190 Å². The van der Waals surface area contributed by atoms with Crippen molar-refractivity contribution in [3.05, 3.63) is 60.2 Å². The molecule has 5 heterocycles. The van der Waals surface area contributed by atoms with Crippen LogP contribution >= 0.6 is 11.3 Å². The van der Waals surface area contributed by atoms with Crippen LogP contribution in [0, 0.1) is 11.3 Å². The van der Waals surface area contributed by atoms with E-state index in [0.29, 0.717) is 15.0 Å². The summed E-state index contributed by atoms with van der Waals surface area (Å²) < 4.78 is 42.4. The second kappa shape index (κ2) is 7.97. The van der Waals surface area contributed by atoms with Crippen molar-refractivity contribution in [2.45, 2.75) is 6.18 Å². The number of fused-ring (bicyclic) bond motifs is 1. The Kier molecular flexibility index (Phi) is 4.94. The Hall–Kier alpha value is -4.78. The van der Waals surface area contributed by atoms with Gasteiger partial charge in [-0.15, -0.1) is 4.80 Å². The van der Waals surface area contributed by atoms with E-state index >= 15 is 0 Å². The molecule has 1 N–H and O–H groups in total. The normalized spacial score (nSPS) is 11.5. The lowest BCUT2D eigenvalue weighted by Gasteiger charge is -2.11. The van der Waals surface area contributed by atoms with Gasteiger partial charge >= 0.3 is 6.18 Å². The van der Waals surface area contributed by atoms with Crippen LogP contribution in [0.25, 0.3) is 21.3 Å². The van der Waals surface area contributed by atoms with Crippen molar-refractivity contribution in [1.29, 1.82) is 5.26 Å². The first-order valence-electron chi connectivity index (χ1n) is 9.15. The summed E-state index contributed by atoms with van der Waals surface area (Å²) >= 11 is 0.861. The molecule has 0 aliphatic rings. The van der Waals surface area contributed by atoms with E-state index < -0.39 is 23.3 Å². The molecule has 1 amide bonds. The molecule has 0 unspecified atom stereocenters. The number of amides is 1. The van der Waals surface area contributed by atoms with Crippen LogP contribution in [0.5, 0.6) is 0 Å². The predicted octanol–water partition coefficient (Wildman–Crippen LogP) is 2.39. The number of hydrogen-bond acceptors (Lipinski definition) is 10. The average molecular weight is 483 g/mol. The minimum absolute atomic E-state index is 0.00340. The van der Waals surface area contributed by atoms with Crippen molar-refractivity contribution >= 4 is 33.3 Å². The molecule has 0 fully saturated rings. The molecule has 0 atom stereocenters. The largest absolute Gasteiger partial charge is 0.434 e. The van der Waals surface area contributed by atoms with Crippen LogP contribution in [0.3, 0.4) is 0 Å². The number of anilines is 1. The van der Waals surface area contributed by atoms with Crippen LogP contribution in [-0.4, -0.2) is 50.6 Å². The van der Waals surface area contributed by atoms with Gasteiger partial charge in [0.15, 0.2) is 11.5 Å². The lowest BCUT2D eigenvalue weighted by Crippen LogP contribution is -2.21. The molecule has 0 spiro atoms. The molecule has 5 rings (SSSR count). The Morgan fingerprint density at radius 2 is 1.91 bits per heavy atom. The molecule has 16 heteroatoms. The number of hydrogen-bond donors (Lipinski definition) is 1. The van der Waals surface area contributed by atoms with E-state index in [-0.39, 0.29) is 22.2 Å². The topological polar surface area (TPSA) is 153 Å². The van der Waals surface area contributed by atoms with Crippen LogP contribution in [-0.2, 0) is 6.18 Å². The summed E-state index contributed by atoms with van der Waals surface area (Å²) in [5, 5.41) is 23.1. The average Bonchev–Trinajstić information content (AvgIpc) is 3.57. The van der Waals surface area contributed by atoms with Crippen LogP contribution in [0.4, 0.5) is 18.9 Å². The van der Waals surface area contributed by atoms with Gasteiger partial charge in [-0.3, -0.25) is 4.79 Å². The molecule has 34 heavy (non-hydrogen) atoms. The minimum atomic E-state index is -4.93. The number of alkyl halides is 3. The van der Waals surface area contributed by atoms with Crippen molar-refractivity contribution < 1.29 is 18.0 Å². The van der Waals surface area contributed by atoms with Crippen LogP contribution in [0.15, 0.2) is 43.4 Å². The molecule has 5 aromatic rings. The van der Waals surface area contributed by atoms with Crippen molar-refractivity contribution in [2.75, 3.05) is 5.32 Å². The Morgan fingerprint density at radius 1 is 1.12 bits per heavy atom. The highest BCUT2D eigenvalue weighted by atomic mass is 32.1. The Morgan fingerprint density at radius 3 is 2.62 bits per heavy atom. The number of nitrogens with one attached hydrogen (secondary N) is 1. The molecule has 0 saturated carbocycles. The smallest absolute Gasteiger partial charge is 0.320 e. The van der Waals surface area contributed by atoms with E-state index in [0.717, 1.165) is 22.3 Å². The van der Waals surface area contributed by atoms with Gasteiger partial charge in [0.2, 0.25) is 5.13 Å². The van der Waals surface area contributed by atoms with E-state index in [4.69, 9.17) is 0 Å². The molecule has 0 radical (unpaired) electrons. The molecule has 12 nitrogen and oxygen atoms in total. The van der Waals surface area contributed by atoms with Crippen molar-refractivity contribution in [1.82, 2.24) is 44.7 Å². The number of thiazole rings is 1. The fourth-order valence-electron chi connectivity index (χ4n) is 2.99. The summed E-state index contributed by atoms with van der Waals surface area (Å²) in [7, 11) is 0. The third kappa shape index (κ3) is 3.69. The number of carbonyl (C=O) groups is 1. The highest BCUT2D eigenvalue weighted by Gasteiger charge is 2.41. The Bertz CT molecular complexity index is 1530. The van der Waals surface area contributed by atoms with Crippen LogP contribution in [0.1, 0.15) is 21.6 Å². The summed E-state index contributed by atoms with van der Waals surface area (Å²) in [6.07, 6.45) is 2.39. The zero-order valence-corrected chi connectivity index (χ0v) is 17.3. The first kappa shape index (κ1) is 21.1. The highest BCUT2D eigenvalue weighted by Crippen LogP contribution is 2.35. The molecule has 5 aromatic heterocycles. The predicted molar refractivity (Wildman–Crippen MR) is 109 cm³/mol. The number of carbonyl (C=O) groups excluding carboxylic acids is 1. The summed E-state index contributed by atoms with van der Waals surface area (Å²) in [6, 6.07) is 3.13. The van der Waals surface area contributed by atoms with Gasteiger partial charge in [0.05, 0.1) is 42.2 Å². The minimum Gasteiger partial charge on any atom is -0.320 e. The first-order chi connectivity index (χ1) is 16.3. The molecular formula is C18H8F3N11OS. The maximum Gasteiger partial charge on any atom is 0.434 e. The van der Waals surface area contributed by atoms with Gasteiger partial charge in [0.1, 0.15) is 28.3 Å². The van der Waals surface area contributed by atoms with Gasteiger partial charge in [-0.05, 0) is 6.07 Å². The lowest BCUT2D eigenvalue weighted by molar-refractivity contribution is -0.143. The third-order valence-corrected chi connectivity index (χ3v) is 5.33. The standard InChI is InChI=1S/C18H8F3N11OS/c19-18(20,21)13-11(6-28-31(13)17-30-12-7-23-8-25-16(12)34-17)15(33)29-10-3-9(4-22)14(24-5-10)32-26-1-2-27-32/h1-3,5-8H,(H,29,33). The maximum atomic E-state index is 13.9. The molecule has 0 aliphatic heterocycles. The number of halogens is 3. The number of pyridine rings is 1. The van der Waals surface area contributed by atoms with E-state index in [2.05, 4.69) is 40.5 Å². The summed E-state index contributed by atoms with van der Waals surface area (Å²) in [6.45, 7) is 0. The zero-order valence-electron chi connectivity index (χ0n) is 16.5. The molecule has 0 aliphatic carbocycles. The van der Waals surface area contributed by atoms with E-state index in [1.54, 1.807) is 0 Å². The second-order valence-corrected chi connectivity index (χ2v) is 7.46. The number of rotatable bonds is 4. The van der Waals surface area contributed by atoms with Crippen molar-refractivity contribution in [3.63, 3.8) is 0 Å². The molecular weight excluding hydrogens is 475 g/mol.